The van der Waals surface area contributed by atoms with E-state index < -0.39 is 5.82 Å². The molecule has 0 heterocycles. The normalized spacial score (nSPS) is 12.0. The van der Waals surface area contributed by atoms with E-state index in [1.165, 1.54) is 6.07 Å². The van der Waals surface area contributed by atoms with E-state index in [9.17, 15) is 9.18 Å². The first-order valence-electron chi connectivity index (χ1n) is 7.30. The van der Waals surface area contributed by atoms with Crippen LogP contribution in [0, 0.1) is 12.7 Å². The summed E-state index contributed by atoms with van der Waals surface area (Å²) in [6.07, 6.45) is 0.783. The van der Waals surface area contributed by atoms with Crippen molar-refractivity contribution < 1.29 is 9.18 Å². The van der Waals surface area contributed by atoms with Gasteiger partial charge in [-0.15, -0.1) is 0 Å². The van der Waals surface area contributed by atoms with Crippen LogP contribution in [0.25, 0.3) is 0 Å². The fourth-order valence-corrected chi connectivity index (χ4v) is 2.62. The van der Waals surface area contributed by atoms with Gasteiger partial charge in [-0.3, -0.25) is 4.79 Å². The maximum atomic E-state index is 13.8. The molecule has 0 aromatic heterocycles. The number of aryl methyl sites for hydroxylation is 1. The average molecular weight is 320 g/mol. The molecule has 0 spiro atoms. The minimum Gasteiger partial charge on any atom is -0.349 e. The van der Waals surface area contributed by atoms with Crippen molar-refractivity contribution in [3.63, 3.8) is 0 Å². The number of hydrogen-bond donors (Lipinski definition) is 1. The summed E-state index contributed by atoms with van der Waals surface area (Å²) in [4.78, 5) is 12.2. The quantitative estimate of drug-likeness (QED) is 0.857. The first kappa shape index (κ1) is 16.5. The number of benzene rings is 2. The molecule has 4 heteroatoms. The van der Waals surface area contributed by atoms with Gasteiger partial charge < -0.3 is 5.32 Å². The Morgan fingerprint density at radius 3 is 2.64 bits per heavy atom. The average Bonchev–Trinajstić information content (AvgIpc) is 2.48. The maximum Gasteiger partial charge on any atom is 0.225 e. The SMILES string of the molecule is CC[C@H](NC(=O)Cc1ccc(Cl)cc1F)c1ccccc1C. The Balaban J connectivity index is 2.08. The van der Waals surface area contributed by atoms with Gasteiger partial charge >= 0.3 is 0 Å². The van der Waals surface area contributed by atoms with E-state index in [0.29, 0.717) is 10.6 Å². The zero-order chi connectivity index (χ0) is 16.1. The largest absolute Gasteiger partial charge is 0.349 e. The summed E-state index contributed by atoms with van der Waals surface area (Å²) in [6.45, 7) is 4.03. The first-order valence-corrected chi connectivity index (χ1v) is 7.68. The predicted octanol–water partition coefficient (Wildman–Crippen LogP) is 4.60. The minimum atomic E-state index is -0.452. The zero-order valence-corrected chi connectivity index (χ0v) is 13.5. The van der Waals surface area contributed by atoms with Gasteiger partial charge in [0, 0.05) is 5.02 Å². The van der Waals surface area contributed by atoms with Crippen LogP contribution in [-0.2, 0) is 11.2 Å². The molecule has 0 fully saturated rings. The van der Waals surface area contributed by atoms with Crippen LogP contribution >= 0.6 is 11.6 Å². The Bertz CT molecular complexity index is 672. The molecule has 0 aliphatic rings. The second-order valence-electron chi connectivity index (χ2n) is 5.30. The number of halogens is 2. The van der Waals surface area contributed by atoms with E-state index in [2.05, 4.69) is 5.32 Å². The Hall–Kier alpha value is -1.87. The molecule has 116 valence electrons. The highest BCUT2D eigenvalue weighted by atomic mass is 35.5. The van der Waals surface area contributed by atoms with Gasteiger partial charge in [0.1, 0.15) is 5.82 Å². The molecule has 1 amide bonds. The molecule has 2 aromatic carbocycles. The molecule has 1 atom stereocenters. The summed E-state index contributed by atoms with van der Waals surface area (Å²) in [5.41, 5.74) is 2.57. The maximum absolute atomic E-state index is 13.8. The van der Waals surface area contributed by atoms with Gasteiger partial charge in [0.25, 0.3) is 0 Å². The molecule has 0 aliphatic carbocycles. The number of amides is 1. The Morgan fingerprint density at radius 1 is 1.27 bits per heavy atom. The lowest BCUT2D eigenvalue weighted by Gasteiger charge is -2.19. The summed E-state index contributed by atoms with van der Waals surface area (Å²) < 4.78 is 13.8. The molecule has 1 N–H and O–H groups in total. The third-order valence-corrected chi connectivity index (χ3v) is 3.91. The number of carbonyl (C=O) groups is 1. The zero-order valence-electron chi connectivity index (χ0n) is 12.7. The van der Waals surface area contributed by atoms with Gasteiger partial charge in [0.2, 0.25) is 5.91 Å². The molecule has 2 nitrogen and oxygen atoms in total. The third-order valence-electron chi connectivity index (χ3n) is 3.67. The minimum absolute atomic E-state index is 0.00534. The van der Waals surface area contributed by atoms with Crippen molar-refractivity contribution in [2.24, 2.45) is 0 Å². The lowest BCUT2D eigenvalue weighted by Crippen LogP contribution is -2.30. The van der Waals surface area contributed by atoms with Gasteiger partial charge in [-0.05, 0) is 42.2 Å². The molecule has 2 aromatic rings. The predicted molar refractivity (Wildman–Crippen MR) is 87.5 cm³/mol. The molecule has 0 radical (unpaired) electrons. The van der Waals surface area contributed by atoms with E-state index in [1.807, 2.05) is 38.1 Å². The van der Waals surface area contributed by atoms with Crippen molar-refractivity contribution in [2.75, 3.05) is 0 Å². The van der Waals surface area contributed by atoms with E-state index in [4.69, 9.17) is 11.6 Å². The van der Waals surface area contributed by atoms with Crippen molar-refractivity contribution in [1.29, 1.82) is 0 Å². The highest BCUT2D eigenvalue weighted by Crippen LogP contribution is 2.21. The van der Waals surface area contributed by atoms with E-state index in [1.54, 1.807) is 12.1 Å². The van der Waals surface area contributed by atoms with Crippen molar-refractivity contribution in [2.45, 2.75) is 32.7 Å². The van der Waals surface area contributed by atoms with Crippen molar-refractivity contribution in [1.82, 2.24) is 5.32 Å². The van der Waals surface area contributed by atoms with Crippen LogP contribution in [0.1, 0.15) is 36.1 Å². The second-order valence-corrected chi connectivity index (χ2v) is 5.73. The lowest BCUT2D eigenvalue weighted by atomic mass is 9.99. The number of hydrogen-bond acceptors (Lipinski definition) is 1. The molecule has 0 aliphatic heterocycles. The fourth-order valence-electron chi connectivity index (χ4n) is 2.46. The van der Waals surface area contributed by atoms with Crippen LogP contribution in [-0.4, -0.2) is 5.91 Å². The van der Waals surface area contributed by atoms with Crippen LogP contribution in [0.15, 0.2) is 42.5 Å². The Morgan fingerprint density at radius 2 is 2.00 bits per heavy atom. The van der Waals surface area contributed by atoms with Crippen molar-refractivity contribution >= 4 is 17.5 Å². The van der Waals surface area contributed by atoms with Gasteiger partial charge in [-0.2, -0.15) is 0 Å². The van der Waals surface area contributed by atoms with Gasteiger partial charge in [0.15, 0.2) is 0 Å². The standard InChI is InChI=1S/C18H19ClFNO/c1-3-17(15-7-5-4-6-12(15)2)21-18(22)10-13-8-9-14(19)11-16(13)20/h4-9,11,17H,3,10H2,1-2H3,(H,21,22)/t17-/m0/s1. The summed E-state index contributed by atoms with van der Waals surface area (Å²) in [5, 5.41) is 3.30. The topological polar surface area (TPSA) is 29.1 Å². The first-order chi connectivity index (χ1) is 10.5. The van der Waals surface area contributed by atoms with Crippen LogP contribution in [0.3, 0.4) is 0 Å². The summed E-state index contributed by atoms with van der Waals surface area (Å²) in [7, 11) is 0. The van der Waals surface area contributed by atoms with Crippen LogP contribution < -0.4 is 5.32 Å². The number of carbonyl (C=O) groups excluding carboxylic acids is 1. The molecule has 0 saturated heterocycles. The summed E-state index contributed by atoms with van der Waals surface area (Å²) in [6, 6.07) is 12.2. The van der Waals surface area contributed by atoms with Crippen molar-refractivity contribution in [3.8, 4) is 0 Å². The van der Waals surface area contributed by atoms with E-state index in [-0.39, 0.29) is 18.4 Å². The fraction of sp³-hybridized carbons (Fsp3) is 0.278. The highest BCUT2D eigenvalue weighted by Gasteiger charge is 2.16. The number of nitrogens with one attached hydrogen (secondary N) is 1. The lowest BCUT2D eigenvalue weighted by molar-refractivity contribution is -0.121. The molecule has 0 bridgehead atoms. The van der Waals surface area contributed by atoms with Crippen LogP contribution in [0.2, 0.25) is 5.02 Å². The Labute approximate surface area is 135 Å². The smallest absolute Gasteiger partial charge is 0.225 e. The third kappa shape index (κ3) is 4.08. The summed E-state index contributed by atoms with van der Waals surface area (Å²) in [5.74, 6) is -0.650. The van der Waals surface area contributed by atoms with Gasteiger partial charge in [-0.1, -0.05) is 48.9 Å². The molecule has 0 unspecified atom stereocenters. The van der Waals surface area contributed by atoms with Gasteiger partial charge in [0.05, 0.1) is 12.5 Å². The van der Waals surface area contributed by atoms with Crippen LogP contribution in [0.4, 0.5) is 4.39 Å². The molecule has 0 saturated carbocycles. The number of rotatable bonds is 5. The molecular formula is C18H19ClFNO. The van der Waals surface area contributed by atoms with Gasteiger partial charge in [-0.25, -0.2) is 4.39 Å². The van der Waals surface area contributed by atoms with E-state index in [0.717, 1.165) is 17.5 Å². The highest BCUT2D eigenvalue weighted by molar-refractivity contribution is 6.30. The Kier molecular flexibility index (Phi) is 5.56. The van der Waals surface area contributed by atoms with Crippen molar-refractivity contribution in [3.05, 3.63) is 70.0 Å². The monoisotopic (exact) mass is 319 g/mol. The molecule has 22 heavy (non-hydrogen) atoms. The molecular weight excluding hydrogens is 301 g/mol. The summed E-state index contributed by atoms with van der Waals surface area (Å²) >= 11 is 5.72. The van der Waals surface area contributed by atoms with E-state index >= 15 is 0 Å². The van der Waals surface area contributed by atoms with Crippen LogP contribution in [0.5, 0.6) is 0 Å². The molecule has 2 rings (SSSR count). The second kappa shape index (κ2) is 7.41.